The lowest BCUT2D eigenvalue weighted by Crippen LogP contribution is -2.14. The minimum Gasteiger partial charge on any atom is -0.481 e. The SMILES string of the molecule is COC(=O)Cn1c(SCC(=O)O)nnc1-c1ccccc1. The third-order valence-electron chi connectivity index (χ3n) is 2.59. The molecule has 0 aliphatic heterocycles. The Bertz CT molecular complexity index is 642. The van der Waals surface area contributed by atoms with Crippen LogP contribution in [-0.4, -0.2) is 44.7 Å². The zero-order valence-electron chi connectivity index (χ0n) is 11.2. The van der Waals surface area contributed by atoms with Gasteiger partial charge in [0, 0.05) is 5.56 Å². The minimum absolute atomic E-state index is 0.0737. The number of methoxy groups -OCH3 is 1. The van der Waals surface area contributed by atoms with Crippen molar-refractivity contribution in [2.45, 2.75) is 11.7 Å². The van der Waals surface area contributed by atoms with Gasteiger partial charge < -0.3 is 9.84 Å². The van der Waals surface area contributed by atoms with Gasteiger partial charge in [-0.3, -0.25) is 14.2 Å². The molecule has 110 valence electrons. The van der Waals surface area contributed by atoms with E-state index in [1.807, 2.05) is 30.3 Å². The first-order chi connectivity index (χ1) is 10.1. The van der Waals surface area contributed by atoms with Crippen LogP contribution >= 0.6 is 11.8 Å². The topological polar surface area (TPSA) is 94.3 Å². The van der Waals surface area contributed by atoms with E-state index in [1.54, 1.807) is 4.57 Å². The van der Waals surface area contributed by atoms with Crippen LogP contribution in [0.15, 0.2) is 35.5 Å². The van der Waals surface area contributed by atoms with E-state index in [-0.39, 0.29) is 12.3 Å². The molecule has 0 amide bonds. The fourth-order valence-corrected chi connectivity index (χ4v) is 2.32. The van der Waals surface area contributed by atoms with Crippen molar-refractivity contribution in [1.82, 2.24) is 14.8 Å². The molecule has 0 atom stereocenters. The van der Waals surface area contributed by atoms with Gasteiger partial charge in [-0.2, -0.15) is 0 Å². The number of rotatable bonds is 6. The Hall–Kier alpha value is -2.35. The maximum Gasteiger partial charge on any atom is 0.325 e. The molecule has 0 unspecified atom stereocenters. The number of hydrogen-bond donors (Lipinski definition) is 1. The number of thioether (sulfide) groups is 1. The van der Waals surface area contributed by atoms with Gasteiger partial charge in [-0.05, 0) is 0 Å². The van der Waals surface area contributed by atoms with E-state index in [0.717, 1.165) is 17.3 Å². The van der Waals surface area contributed by atoms with Crippen LogP contribution in [0.4, 0.5) is 0 Å². The Kier molecular flexibility index (Phi) is 4.94. The van der Waals surface area contributed by atoms with Gasteiger partial charge in [0.25, 0.3) is 0 Å². The van der Waals surface area contributed by atoms with E-state index in [1.165, 1.54) is 7.11 Å². The second-order valence-electron chi connectivity index (χ2n) is 4.02. The molecule has 0 spiro atoms. The number of benzene rings is 1. The number of hydrogen-bond acceptors (Lipinski definition) is 6. The summed E-state index contributed by atoms with van der Waals surface area (Å²) in [5.41, 5.74) is 0.788. The fourth-order valence-electron chi connectivity index (χ4n) is 1.66. The number of ether oxygens (including phenoxy) is 1. The van der Waals surface area contributed by atoms with Crippen LogP contribution in [0.25, 0.3) is 11.4 Å². The van der Waals surface area contributed by atoms with Crippen molar-refractivity contribution in [2.24, 2.45) is 0 Å². The molecule has 8 heteroatoms. The van der Waals surface area contributed by atoms with Crippen molar-refractivity contribution in [3.63, 3.8) is 0 Å². The normalized spacial score (nSPS) is 10.3. The number of aromatic nitrogens is 3. The van der Waals surface area contributed by atoms with E-state index in [2.05, 4.69) is 14.9 Å². The lowest BCUT2D eigenvalue weighted by molar-refractivity contribution is -0.141. The second kappa shape index (κ2) is 6.89. The number of nitrogens with zero attached hydrogens (tertiary/aromatic N) is 3. The standard InChI is InChI=1S/C13H13N3O4S/c1-20-11(19)7-16-12(9-5-3-2-4-6-9)14-15-13(16)21-8-10(17)18/h2-6H,7-8H2,1H3,(H,17,18). The Morgan fingerprint density at radius 3 is 2.62 bits per heavy atom. The average Bonchev–Trinajstić information content (AvgIpc) is 2.88. The summed E-state index contributed by atoms with van der Waals surface area (Å²) in [5.74, 6) is -1.08. The van der Waals surface area contributed by atoms with Crippen molar-refractivity contribution in [2.75, 3.05) is 12.9 Å². The zero-order valence-corrected chi connectivity index (χ0v) is 12.0. The Morgan fingerprint density at radius 2 is 2.00 bits per heavy atom. The Labute approximate surface area is 124 Å². The third kappa shape index (κ3) is 3.82. The molecular weight excluding hydrogens is 294 g/mol. The van der Waals surface area contributed by atoms with Gasteiger partial charge in [0.15, 0.2) is 11.0 Å². The summed E-state index contributed by atoms with van der Waals surface area (Å²) < 4.78 is 6.20. The molecule has 1 N–H and O–H groups in total. The number of aliphatic carboxylic acids is 1. The maximum atomic E-state index is 11.5. The first-order valence-electron chi connectivity index (χ1n) is 6.02. The van der Waals surface area contributed by atoms with Gasteiger partial charge >= 0.3 is 11.9 Å². The third-order valence-corrected chi connectivity index (χ3v) is 3.54. The predicted molar refractivity (Wildman–Crippen MR) is 75.8 cm³/mol. The number of carbonyl (C=O) groups is 2. The van der Waals surface area contributed by atoms with Crippen LogP contribution in [0, 0.1) is 0 Å². The maximum absolute atomic E-state index is 11.5. The molecular formula is C13H13N3O4S. The van der Waals surface area contributed by atoms with Crippen LogP contribution in [0.3, 0.4) is 0 Å². The average molecular weight is 307 g/mol. The lowest BCUT2D eigenvalue weighted by atomic mass is 10.2. The molecule has 0 fully saturated rings. The highest BCUT2D eigenvalue weighted by atomic mass is 32.2. The van der Waals surface area contributed by atoms with Crippen molar-refractivity contribution in [3.8, 4) is 11.4 Å². The molecule has 1 aromatic carbocycles. The highest BCUT2D eigenvalue weighted by molar-refractivity contribution is 7.99. The predicted octanol–water partition coefficient (Wildman–Crippen LogP) is 1.29. The largest absolute Gasteiger partial charge is 0.481 e. The van der Waals surface area contributed by atoms with E-state index in [4.69, 9.17) is 5.11 Å². The van der Waals surface area contributed by atoms with E-state index in [0.29, 0.717) is 11.0 Å². The van der Waals surface area contributed by atoms with Crippen LogP contribution in [0.1, 0.15) is 0 Å². The molecule has 21 heavy (non-hydrogen) atoms. The molecule has 0 saturated carbocycles. The van der Waals surface area contributed by atoms with Crippen molar-refractivity contribution in [3.05, 3.63) is 30.3 Å². The molecule has 0 aliphatic carbocycles. The molecule has 2 aromatic rings. The van der Waals surface area contributed by atoms with Crippen LogP contribution in [0.2, 0.25) is 0 Å². The number of esters is 1. The monoisotopic (exact) mass is 307 g/mol. The van der Waals surface area contributed by atoms with Gasteiger partial charge in [-0.25, -0.2) is 0 Å². The van der Waals surface area contributed by atoms with E-state index >= 15 is 0 Å². The van der Waals surface area contributed by atoms with Crippen LogP contribution < -0.4 is 0 Å². The summed E-state index contributed by atoms with van der Waals surface area (Å²) >= 11 is 1.01. The quantitative estimate of drug-likeness (QED) is 0.635. The summed E-state index contributed by atoms with van der Waals surface area (Å²) in [7, 11) is 1.29. The van der Waals surface area contributed by atoms with E-state index in [9.17, 15) is 9.59 Å². The Balaban J connectivity index is 2.36. The number of carboxylic acids is 1. The van der Waals surface area contributed by atoms with Gasteiger partial charge in [0.05, 0.1) is 12.9 Å². The minimum atomic E-state index is -0.964. The summed E-state index contributed by atoms with van der Waals surface area (Å²) in [6, 6.07) is 9.23. The lowest BCUT2D eigenvalue weighted by Gasteiger charge is -2.08. The first kappa shape index (κ1) is 15.0. The molecule has 0 saturated heterocycles. The van der Waals surface area contributed by atoms with Gasteiger partial charge in [0.1, 0.15) is 6.54 Å². The summed E-state index contributed by atoms with van der Waals surface area (Å²) in [4.78, 5) is 22.2. The summed E-state index contributed by atoms with van der Waals surface area (Å²) in [6.07, 6.45) is 0. The molecule has 0 radical (unpaired) electrons. The molecule has 1 aromatic heterocycles. The van der Waals surface area contributed by atoms with Gasteiger partial charge in [0.2, 0.25) is 0 Å². The van der Waals surface area contributed by atoms with E-state index < -0.39 is 11.9 Å². The smallest absolute Gasteiger partial charge is 0.325 e. The molecule has 0 bridgehead atoms. The highest BCUT2D eigenvalue weighted by Crippen LogP contribution is 2.23. The number of carbonyl (C=O) groups excluding carboxylic acids is 1. The molecule has 2 rings (SSSR count). The second-order valence-corrected chi connectivity index (χ2v) is 4.96. The van der Waals surface area contributed by atoms with Crippen LogP contribution in [0.5, 0.6) is 0 Å². The van der Waals surface area contributed by atoms with Crippen molar-refractivity contribution in [1.29, 1.82) is 0 Å². The summed E-state index contributed by atoms with van der Waals surface area (Å²) in [5, 5.41) is 17.1. The first-order valence-corrected chi connectivity index (χ1v) is 7.00. The molecule has 7 nitrogen and oxygen atoms in total. The molecule has 1 heterocycles. The zero-order chi connectivity index (χ0) is 15.2. The van der Waals surface area contributed by atoms with Crippen molar-refractivity contribution >= 4 is 23.7 Å². The Morgan fingerprint density at radius 1 is 1.29 bits per heavy atom. The molecule has 0 aliphatic rings. The van der Waals surface area contributed by atoms with Gasteiger partial charge in [-0.1, -0.05) is 42.1 Å². The summed E-state index contributed by atoms with van der Waals surface area (Å²) in [6.45, 7) is -0.0737. The van der Waals surface area contributed by atoms with Crippen LogP contribution in [-0.2, 0) is 20.9 Å². The highest BCUT2D eigenvalue weighted by Gasteiger charge is 2.17. The number of carboxylic acid groups (broad SMARTS) is 1. The van der Waals surface area contributed by atoms with Gasteiger partial charge in [-0.15, -0.1) is 10.2 Å². The van der Waals surface area contributed by atoms with Crippen molar-refractivity contribution < 1.29 is 19.4 Å². The fraction of sp³-hybridized carbons (Fsp3) is 0.231.